The van der Waals surface area contributed by atoms with Crippen molar-refractivity contribution < 1.29 is 4.74 Å². The Morgan fingerprint density at radius 3 is 2.57 bits per heavy atom. The van der Waals surface area contributed by atoms with Crippen LogP contribution in [0.2, 0.25) is 0 Å². The summed E-state index contributed by atoms with van der Waals surface area (Å²) in [5.41, 5.74) is 1.17. The largest absolute Gasteiger partial charge is 0.377 e. The highest BCUT2D eigenvalue weighted by Crippen LogP contribution is 2.14. The molecule has 14 heavy (non-hydrogen) atoms. The number of ether oxygens (including phenoxy) is 1. The van der Waals surface area contributed by atoms with Gasteiger partial charge >= 0.3 is 0 Å². The fraction of sp³-hybridized carbons (Fsp3) is 0.364. The first kappa shape index (κ1) is 11.1. The normalized spacial score (nSPS) is 12.1. The Kier molecular flexibility index (Phi) is 4.56. The quantitative estimate of drug-likeness (QED) is 0.769. The number of thiocarbonyl (C=S) groups is 1. The van der Waals surface area contributed by atoms with Crippen LogP contribution in [0.3, 0.4) is 0 Å². The van der Waals surface area contributed by atoms with Crippen LogP contribution < -0.4 is 5.32 Å². The lowest BCUT2D eigenvalue weighted by atomic mass is 10.1. The van der Waals surface area contributed by atoms with E-state index in [9.17, 15) is 0 Å². The van der Waals surface area contributed by atoms with Crippen LogP contribution in [0.25, 0.3) is 0 Å². The van der Waals surface area contributed by atoms with Crippen molar-refractivity contribution in [1.82, 2.24) is 5.32 Å². The summed E-state index contributed by atoms with van der Waals surface area (Å²) in [5, 5.41) is 3.10. The third-order valence-electron chi connectivity index (χ3n) is 1.99. The van der Waals surface area contributed by atoms with Crippen LogP contribution in [0.4, 0.5) is 0 Å². The average Bonchev–Trinajstić information content (AvgIpc) is 2.20. The summed E-state index contributed by atoms with van der Waals surface area (Å²) >= 11 is 4.95. The molecule has 0 heterocycles. The number of hydrogen-bond donors (Lipinski definition) is 1. The minimum absolute atomic E-state index is 0.0640. The summed E-state index contributed by atoms with van der Waals surface area (Å²) in [6.07, 6.45) is 0.0640. The molecule has 0 spiro atoms. The molecule has 1 aromatic rings. The molecule has 0 aliphatic rings. The fourth-order valence-corrected chi connectivity index (χ4v) is 1.32. The topological polar surface area (TPSA) is 21.3 Å². The van der Waals surface area contributed by atoms with E-state index in [-0.39, 0.29) is 6.10 Å². The Balaban J connectivity index is 2.58. The molecule has 0 bridgehead atoms. The van der Waals surface area contributed by atoms with Gasteiger partial charge in [0.15, 0.2) is 0 Å². The van der Waals surface area contributed by atoms with E-state index in [1.807, 2.05) is 25.1 Å². The maximum Gasteiger partial charge on any atom is 0.0993 e. The van der Waals surface area contributed by atoms with Crippen molar-refractivity contribution in [2.45, 2.75) is 13.0 Å². The van der Waals surface area contributed by atoms with Gasteiger partial charge in [-0.25, -0.2) is 0 Å². The van der Waals surface area contributed by atoms with Gasteiger partial charge < -0.3 is 10.1 Å². The van der Waals surface area contributed by atoms with E-state index in [1.54, 1.807) is 7.11 Å². The zero-order chi connectivity index (χ0) is 10.4. The van der Waals surface area contributed by atoms with Crippen LogP contribution in [-0.2, 0) is 4.74 Å². The van der Waals surface area contributed by atoms with E-state index < -0.39 is 0 Å². The highest BCUT2D eigenvalue weighted by Gasteiger charge is 2.08. The zero-order valence-electron chi connectivity index (χ0n) is 8.49. The molecule has 0 aliphatic heterocycles. The molecule has 0 amide bonds. The molecule has 1 rings (SSSR count). The van der Waals surface area contributed by atoms with Gasteiger partial charge in [-0.1, -0.05) is 42.5 Å². The molecule has 76 valence electrons. The second-order valence-corrected chi connectivity index (χ2v) is 3.68. The van der Waals surface area contributed by atoms with Gasteiger partial charge in [0.1, 0.15) is 0 Å². The lowest BCUT2D eigenvalue weighted by Crippen LogP contribution is -2.25. The van der Waals surface area contributed by atoms with Crippen LogP contribution in [-0.4, -0.2) is 18.6 Å². The van der Waals surface area contributed by atoms with Gasteiger partial charge in [-0.15, -0.1) is 0 Å². The van der Waals surface area contributed by atoms with Crippen molar-refractivity contribution in [3.05, 3.63) is 35.9 Å². The molecule has 1 atom stereocenters. The lowest BCUT2D eigenvalue weighted by Gasteiger charge is -2.16. The first-order valence-electron chi connectivity index (χ1n) is 4.56. The molecule has 0 aliphatic carbocycles. The van der Waals surface area contributed by atoms with E-state index in [0.717, 1.165) is 11.5 Å². The van der Waals surface area contributed by atoms with Gasteiger partial charge in [-0.05, 0) is 12.5 Å². The molecule has 0 saturated carbocycles. The van der Waals surface area contributed by atoms with Crippen molar-refractivity contribution in [3.63, 3.8) is 0 Å². The zero-order valence-corrected chi connectivity index (χ0v) is 9.30. The molecule has 1 unspecified atom stereocenters. The fourth-order valence-electron chi connectivity index (χ4n) is 1.24. The van der Waals surface area contributed by atoms with Crippen LogP contribution in [0.1, 0.15) is 18.6 Å². The Morgan fingerprint density at radius 1 is 1.43 bits per heavy atom. The average molecular weight is 209 g/mol. The molecule has 0 aromatic heterocycles. The van der Waals surface area contributed by atoms with Crippen molar-refractivity contribution >= 4 is 17.2 Å². The lowest BCUT2D eigenvalue weighted by molar-refractivity contribution is 0.107. The van der Waals surface area contributed by atoms with E-state index in [4.69, 9.17) is 17.0 Å². The second kappa shape index (κ2) is 5.73. The molecule has 3 heteroatoms. The minimum atomic E-state index is 0.0640. The summed E-state index contributed by atoms with van der Waals surface area (Å²) in [7, 11) is 1.71. The summed E-state index contributed by atoms with van der Waals surface area (Å²) in [6.45, 7) is 2.59. The predicted octanol–water partition coefficient (Wildman–Crippen LogP) is 2.31. The summed E-state index contributed by atoms with van der Waals surface area (Å²) in [4.78, 5) is 0.794. The number of methoxy groups -OCH3 is 1. The number of benzene rings is 1. The number of rotatable bonds is 4. The number of hydrogen-bond acceptors (Lipinski definition) is 2. The third kappa shape index (κ3) is 3.44. The third-order valence-corrected chi connectivity index (χ3v) is 2.14. The Hall–Kier alpha value is -0.930. The van der Waals surface area contributed by atoms with Gasteiger partial charge in [0.05, 0.1) is 11.1 Å². The van der Waals surface area contributed by atoms with E-state index in [2.05, 4.69) is 17.4 Å². The van der Waals surface area contributed by atoms with E-state index >= 15 is 0 Å². The first-order valence-corrected chi connectivity index (χ1v) is 4.97. The Labute approximate surface area is 90.3 Å². The maximum absolute atomic E-state index is 5.36. The molecule has 0 saturated heterocycles. The summed E-state index contributed by atoms with van der Waals surface area (Å²) < 4.78 is 5.36. The van der Waals surface area contributed by atoms with Crippen LogP contribution in [0.15, 0.2) is 30.3 Å². The van der Waals surface area contributed by atoms with Crippen molar-refractivity contribution in [3.8, 4) is 0 Å². The van der Waals surface area contributed by atoms with Gasteiger partial charge in [0.2, 0.25) is 0 Å². The molecular weight excluding hydrogens is 194 g/mol. The van der Waals surface area contributed by atoms with E-state index in [0.29, 0.717) is 0 Å². The van der Waals surface area contributed by atoms with Crippen LogP contribution in [0.5, 0.6) is 0 Å². The van der Waals surface area contributed by atoms with Crippen molar-refractivity contribution in [1.29, 1.82) is 0 Å². The highest BCUT2D eigenvalue weighted by atomic mass is 32.1. The summed E-state index contributed by atoms with van der Waals surface area (Å²) in [5.74, 6) is 0. The van der Waals surface area contributed by atoms with Crippen molar-refractivity contribution in [2.75, 3.05) is 13.7 Å². The minimum Gasteiger partial charge on any atom is -0.377 e. The smallest absolute Gasteiger partial charge is 0.0993 e. The first-order chi connectivity index (χ1) is 6.74. The van der Waals surface area contributed by atoms with Gasteiger partial charge in [-0.3, -0.25) is 0 Å². The standard InChI is InChI=1S/C11H15NOS/c1-9(14)12-8-11(13-2)10-6-4-3-5-7-10/h3-7,11H,8H2,1-2H3,(H,12,14). The molecule has 1 aromatic carbocycles. The monoisotopic (exact) mass is 209 g/mol. The predicted molar refractivity (Wildman–Crippen MR) is 62.5 cm³/mol. The number of nitrogens with one attached hydrogen (secondary N) is 1. The van der Waals surface area contributed by atoms with Gasteiger partial charge in [-0.2, -0.15) is 0 Å². The van der Waals surface area contributed by atoms with E-state index in [1.165, 1.54) is 5.56 Å². The summed E-state index contributed by atoms with van der Waals surface area (Å²) in [6, 6.07) is 10.1. The highest BCUT2D eigenvalue weighted by molar-refractivity contribution is 7.80. The molecule has 0 fully saturated rings. The Bertz CT molecular complexity index is 287. The molecule has 0 radical (unpaired) electrons. The Morgan fingerprint density at radius 2 is 2.07 bits per heavy atom. The maximum atomic E-state index is 5.36. The van der Waals surface area contributed by atoms with Crippen molar-refractivity contribution in [2.24, 2.45) is 0 Å². The van der Waals surface area contributed by atoms with Gasteiger partial charge in [0.25, 0.3) is 0 Å². The van der Waals surface area contributed by atoms with Crippen LogP contribution >= 0.6 is 12.2 Å². The molecule has 2 nitrogen and oxygen atoms in total. The molecule has 1 N–H and O–H groups in total. The second-order valence-electron chi connectivity index (χ2n) is 3.07. The molecular formula is C11H15NOS. The van der Waals surface area contributed by atoms with Crippen LogP contribution in [0, 0.1) is 0 Å². The van der Waals surface area contributed by atoms with Gasteiger partial charge in [0, 0.05) is 13.7 Å². The SMILES string of the molecule is COC(CNC(C)=S)c1ccccc1.